The average Bonchev–Trinajstić information content (AvgIpc) is 3.06. The topological polar surface area (TPSA) is 196 Å². The van der Waals surface area contributed by atoms with E-state index in [1.165, 1.54) is 23.6 Å². The summed E-state index contributed by atoms with van der Waals surface area (Å²) in [6.07, 6.45) is -1.92. The van der Waals surface area contributed by atoms with Crippen LogP contribution in [0.1, 0.15) is 12.6 Å². The van der Waals surface area contributed by atoms with E-state index in [1.807, 2.05) is 6.07 Å². The highest BCUT2D eigenvalue weighted by Crippen LogP contribution is 2.48. The quantitative estimate of drug-likeness (QED) is 0.390. The molecule has 1 aliphatic heterocycles. The number of aromatic nitrogens is 3. The van der Waals surface area contributed by atoms with Crippen molar-refractivity contribution in [1.82, 2.24) is 14.6 Å². The van der Waals surface area contributed by atoms with E-state index in [9.17, 15) is 20.0 Å². The molecule has 0 bridgehead atoms. The van der Waals surface area contributed by atoms with Gasteiger partial charge < -0.3 is 30.5 Å². The van der Waals surface area contributed by atoms with E-state index in [2.05, 4.69) is 14.6 Å². The molecule has 26 heavy (non-hydrogen) atoms. The van der Waals surface area contributed by atoms with Crippen LogP contribution in [0.4, 0.5) is 5.82 Å². The zero-order valence-corrected chi connectivity index (χ0v) is 14.3. The number of fused-ring (bicyclic) bond motifs is 1. The van der Waals surface area contributed by atoms with Gasteiger partial charge in [-0.05, 0) is 19.1 Å². The summed E-state index contributed by atoms with van der Waals surface area (Å²) in [6, 6.07) is 4.77. The third kappa shape index (κ3) is 2.67. The van der Waals surface area contributed by atoms with Crippen molar-refractivity contribution < 1.29 is 33.8 Å². The highest BCUT2D eigenvalue weighted by atomic mass is 31.2. The van der Waals surface area contributed by atoms with Gasteiger partial charge in [-0.1, -0.05) is 0 Å². The van der Waals surface area contributed by atoms with Gasteiger partial charge in [0.25, 0.3) is 0 Å². The lowest BCUT2D eigenvalue weighted by molar-refractivity contribution is -0.109. The lowest BCUT2D eigenvalue weighted by Gasteiger charge is -2.33. The molecule has 140 valence electrons. The number of aliphatic hydroxyl groups excluding tert-OH is 1. The third-order valence-corrected chi connectivity index (χ3v) is 4.86. The van der Waals surface area contributed by atoms with Gasteiger partial charge in [-0.15, -0.1) is 0 Å². The van der Waals surface area contributed by atoms with Crippen molar-refractivity contribution in [3.63, 3.8) is 0 Å². The van der Waals surface area contributed by atoms with Crippen molar-refractivity contribution >= 4 is 19.2 Å². The lowest BCUT2D eigenvalue weighted by Crippen LogP contribution is -2.52. The van der Waals surface area contributed by atoms with Crippen LogP contribution in [0.25, 0.3) is 5.52 Å². The van der Waals surface area contributed by atoms with Crippen LogP contribution in [0.5, 0.6) is 0 Å². The number of nitrogens with zero attached hydrogens (tertiary/aromatic N) is 4. The molecule has 0 amide bonds. The van der Waals surface area contributed by atoms with Gasteiger partial charge in [-0.25, -0.2) is 14.1 Å². The zero-order chi connectivity index (χ0) is 19.3. The fourth-order valence-corrected chi connectivity index (χ4v) is 3.35. The molecule has 0 radical (unpaired) electrons. The van der Waals surface area contributed by atoms with Gasteiger partial charge in [0.15, 0.2) is 5.82 Å². The molecule has 1 fully saturated rings. The molecule has 12 nitrogen and oxygen atoms in total. The molecular weight excluding hydrogens is 369 g/mol. The molecule has 0 spiro atoms. The first-order chi connectivity index (χ1) is 12.0. The van der Waals surface area contributed by atoms with E-state index in [0.29, 0.717) is 5.52 Å². The molecule has 13 heteroatoms. The number of ether oxygens (including phenoxy) is 1. The van der Waals surface area contributed by atoms with Crippen molar-refractivity contribution in [2.24, 2.45) is 0 Å². The van der Waals surface area contributed by atoms with Crippen LogP contribution in [-0.2, 0) is 19.4 Å². The van der Waals surface area contributed by atoms with Gasteiger partial charge >= 0.3 is 7.82 Å². The fraction of sp³-hybridized carbons (Fsp3) is 0.462. The number of phosphoric ester groups is 1. The predicted octanol–water partition coefficient (Wildman–Crippen LogP) is -1.35. The third-order valence-electron chi connectivity index (χ3n) is 4.38. The minimum Gasteiger partial charge on any atom is -0.387 e. The summed E-state index contributed by atoms with van der Waals surface area (Å²) >= 11 is 0. The van der Waals surface area contributed by atoms with E-state index in [1.54, 1.807) is 0 Å². The van der Waals surface area contributed by atoms with E-state index >= 15 is 0 Å². The summed E-state index contributed by atoms with van der Waals surface area (Å²) in [5, 5.41) is 35.0. The number of hydrogen-bond acceptors (Lipinski definition) is 9. The van der Waals surface area contributed by atoms with E-state index in [-0.39, 0.29) is 11.5 Å². The fourth-order valence-electron chi connectivity index (χ4n) is 3.01. The average molecular weight is 385 g/mol. The summed E-state index contributed by atoms with van der Waals surface area (Å²) in [5.74, 6) is 0.124. The maximum absolute atomic E-state index is 10.9. The van der Waals surface area contributed by atoms with Crippen LogP contribution in [0.2, 0.25) is 0 Å². The summed E-state index contributed by atoms with van der Waals surface area (Å²) in [4.78, 5) is 21.5. The maximum atomic E-state index is 10.9. The number of nitrogens with two attached hydrogens (primary N) is 1. The Morgan fingerprint density at radius 1 is 1.54 bits per heavy atom. The second kappa shape index (κ2) is 5.97. The van der Waals surface area contributed by atoms with Crippen LogP contribution in [0.3, 0.4) is 0 Å². The standard InChI is InChI=1S/C13H16N5O7P/c1-12(20)10(19)8(4-24-26(21,22)23)25-13(12,5-14)9-3-2-7-11(15)16-6-17-18(7)9/h2-3,6,8,10,19-20H,4H2,1H3,(H2,15,16,17)(H2,21,22,23)/t8-,10-,12-,13+/m1/s1. The Labute approximate surface area is 146 Å². The van der Waals surface area contributed by atoms with Crippen molar-refractivity contribution in [1.29, 1.82) is 5.26 Å². The molecule has 6 N–H and O–H groups in total. The summed E-state index contributed by atoms with van der Waals surface area (Å²) in [7, 11) is -4.84. The maximum Gasteiger partial charge on any atom is 0.469 e. The highest BCUT2D eigenvalue weighted by Gasteiger charge is 2.65. The van der Waals surface area contributed by atoms with Crippen molar-refractivity contribution in [3.8, 4) is 6.07 Å². The Bertz CT molecular complexity index is 935. The normalized spacial score (nSPS) is 32.0. The van der Waals surface area contributed by atoms with Crippen molar-refractivity contribution in [2.75, 3.05) is 12.3 Å². The molecule has 2 aromatic heterocycles. The van der Waals surface area contributed by atoms with E-state index in [0.717, 1.165) is 6.33 Å². The van der Waals surface area contributed by atoms with Crippen LogP contribution < -0.4 is 5.73 Å². The van der Waals surface area contributed by atoms with Crippen LogP contribution >= 0.6 is 7.82 Å². The minimum atomic E-state index is -4.84. The summed E-state index contributed by atoms with van der Waals surface area (Å²) < 4.78 is 22.0. The Morgan fingerprint density at radius 3 is 2.85 bits per heavy atom. The first-order valence-electron chi connectivity index (χ1n) is 7.32. The smallest absolute Gasteiger partial charge is 0.387 e. The second-order valence-electron chi connectivity index (χ2n) is 5.99. The molecule has 1 saturated heterocycles. The largest absolute Gasteiger partial charge is 0.469 e. The number of phosphoric acid groups is 1. The zero-order valence-electron chi connectivity index (χ0n) is 13.4. The van der Waals surface area contributed by atoms with Gasteiger partial charge in [0.1, 0.15) is 35.7 Å². The second-order valence-corrected chi connectivity index (χ2v) is 7.23. The minimum absolute atomic E-state index is 0.0619. The van der Waals surface area contributed by atoms with E-state index in [4.69, 9.17) is 20.3 Å². The Morgan fingerprint density at radius 2 is 2.23 bits per heavy atom. The van der Waals surface area contributed by atoms with Gasteiger partial charge in [0, 0.05) is 0 Å². The number of anilines is 1. The molecule has 2 aromatic rings. The number of rotatable bonds is 4. The first-order valence-corrected chi connectivity index (χ1v) is 8.85. The monoisotopic (exact) mass is 385 g/mol. The van der Waals surface area contributed by atoms with Crippen LogP contribution in [0.15, 0.2) is 18.5 Å². The van der Waals surface area contributed by atoms with Crippen molar-refractivity contribution in [3.05, 3.63) is 24.2 Å². The molecule has 3 heterocycles. The summed E-state index contributed by atoms with van der Waals surface area (Å²) in [5.41, 5.74) is 1.90. The lowest BCUT2D eigenvalue weighted by atomic mass is 9.80. The molecular formula is C13H16N5O7P. The number of nitrogen functional groups attached to an aromatic ring is 1. The molecule has 0 aromatic carbocycles. The molecule has 0 unspecified atom stereocenters. The first kappa shape index (κ1) is 18.7. The Kier molecular flexibility index (Phi) is 4.29. The van der Waals surface area contributed by atoms with Gasteiger partial charge in [-0.3, -0.25) is 4.52 Å². The summed E-state index contributed by atoms with van der Waals surface area (Å²) in [6.45, 7) is 0.424. The highest BCUT2D eigenvalue weighted by molar-refractivity contribution is 7.46. The van der Waals surface area contributed by atoms with Crippen molar-refractivity contribution in [2.45, 2.75) is 30.3 Å². The SMILES string of the molecule is C[C@@]1(O)[C@H](O)[C@@H](COP(=O)(O)O)O[C@@]1(C#N)c1ccc2c(N)ncnn12. The molecule has 3 rings (SSSR count). The number of hydrogen-bond donors (Lipinski definition) is 5. The van der Waals surface area contributed by atoms with Gasteiger partial charge in [0.05, 0.1) is 12.3 Å². The Balaban J connectivity index is 2.09. The van der Waals surface area contributed by atoms with Gasteiger partial charge in [-0.2, -0.15) is 10.4 Å². The van der Waals surface area contributed by atoms with E-state index < -0.39 is 37.8 Å². The van der Waals surface area contributed by atoms with Crippen LogP contribution in [0, 0.1) is 11.3 Å². The van der Waals surface area contributed by atoms with Gasteiger partial charge in [0.2, 0.25) is 5.60 Å². The number of nitriles is 1. The Hall–Kier alpha value is -2.10. The molecule has 4 atom stereocenters. The number of aliphatic hydroxyl groups is 2. The molecule has 0 saturated carbocycles. The van der Waals surface area contributed by atoms with Crippen LogP contribution in [-0.4, -0.2) is 59.0 Å². The molecule has 0 aliphatic carbocycles. The molecule has 1 aliphatic rings. The predicted molar refractivity (Wildman–Crippen MR) is 84.2 cm³/mol.